The summed E-state index contributed by atoms with van der Waals surface area (Å²) < 4.78 is 5.10. The second-order valence-electron chi connectivity index (χ2n) is 5.57. The van der Waals surface area contributed by atoms with Gasteiger partial charge in [0.25, 0.3) is 0 Å². The highest BCUT2D eigenvalue weighted by atomic mass is 16.5. The summed E-state index contributed by atoms with van der Waals surface area (Å²) in [5.41, 5.74) is 0. The summed E-state index contributed by atoms with van der Waals surface area (Å²) in [6.07, 6.45) is 5.51. The number of carbonyl (C=O) groups is 1. The van der Waals surface area contributed by atoms with Crippen LogP contribution in [0.5, 0.6) is 0 Å². The fourth-order valence-electron chi connectivity index (χ4n) is 2.98. The van der Waals surface area contributed by atoms with Crippen LogP contribution >= 0.6 is 0 Å². The van der Waals surface area contributed by atoms with Crippen LogP contribution in [0.25, 0.3) is 0 Å². The first-order valence-electron chi connectivity index (χ1n) is 7.28. The molecule has 104 valence electrons. The Labute approximate surface area is 110 Å². The second kappa shape index (κ2) is 7.10. The van der Waals surface area contributed by atoms with Crippen LogP contribution in [0.1, 0.15) is 32.1 Å². The average molecular weight is 254 g/mol. The Bertz CT molecular complexity index is 257. The molecule has 2 heterocycles. The highest BCUT2D eigenvalue weighted by Crippen LogP contribution is 2.22. The highest BCUT2D eigenvalue weighted by molar-refractivity contribution is 5.76. The van der Waals surface area contributed by atoms with E-state index in [-0.39, 0.29) is 0 Å². The Kier molecular flexibility index (Phi) is 5.45. The van der Waals surface area contributed by atoms with Crippen LogP contribution < -0.4 is 0 Å². The van der Waals surface area contributed by atoms with Gasteiger partial charge < -0.3 is 14.5 Å². The molecule has 2 fully saturated rings. The van der Waals surface area contributed by atoms with Crippen molar-refractivity contribution in [1.29, 1.82) is 0 Å². The van der Waals surface area contributed by atoms with Crippen molar-refractivity contribution in [2.45, 2.75) is 32.1 Å². The fraction of sp³-hybridized carbons (Fsp3) is 0.929. The molecule has 0 spiro atoms. The molecular formula is C14H26N2O2. The molecule has 2 aliphatic heterocycles. The maximum absolute atomic E-state index is 12.1. The van der Waals surface area contributed by atoms with Gasteiger partial charge in [0, 0.05) is 33.2 Å². The van der Waals surface area contributed by atoms with Crippen LogP contribution in [0.3, 0.4) is 0 Å². The molecule has 0 unspecified atom stereocenters. The standard InChI is InChI=1S/C14H26N2O2/c1-18-11-10-15-8-4-13(5-9-15)12-14(17)16-6-2-3-7-16/h13H,2-12H2,1H3. The van der Waals surface area contributed by atoms with Gasteiger partial charge in [-0.15, -0.1) is 0 Å². The smallest absolute Gasteiger partial charge is 0.222 e. The van der Waals surface area contributed by atoms with E-state index in [2.05, 4.69) is 9.80 Å². The number of ether oxygens (including phenoxy) is 1. The topological polar surface area (TPSA) is 32.8 Å². The van der Waals surface area contributed by atoms with E-state index in [1.54, 1.807) is 7.11 Å². The molecule has 2 rings (SSSR count). The average Bonchev–Trinajstić information content (AvgIpc) is 2.92. The summed E-state index contributed by atoms with van der Waals surface area (Å²) in [5, 5.41) is 0. The van der Waals surface area contributed by atoms with Crippen molar-refractivity contribution in [2.24, 2.45) is 5.92 Å². The first-order chi connectivity index (χ1) is 8.79. The minimum absolute atomic E-state index is 0.392. The van der Waals surface area contributed by atoms with Gasteiger partial charge in [-0.05, 0) is 44.7 Å². The van der Waals surface area contributed by atoms with E-state index in [1.165, 1.54) is 25.7 Å². The molecule has 1 amide bonds. The molecule has 4 nitrogen and oxygen atoms in total. The maximum Gasteiger partial charge on any atom is 0.222 e. The highest BCUT2D eigenvalue weighted by Gasteiger charge is 2.24. The van der Waals surface area contributed by atoms with Crippen LogP contribution in [0, 0.1) is 5.92 Å². The lowest BCUT2D eigenvalue weighted by Gasteiger charge is -2.32. The summed E-state index contributed by atoms with van der Waals surface area (Å²) in [7, 11) is 1.75. The van der Waals surface area contributed by atoms with Crippen molar-refractivity contribution in [2.75, 3.05) is 46.4 Å². The molecule has 4 heteroatoms. The third kappa shape index (κ3) is 3.95. The van der Waals surface area contributed by atoms with Gasteiger partial charge in [0.15, 0.2) is 0 Å². The first kappa shape index (κ1) is 13.8. The molecule has 0 bridgehead atoms. The number of amides is 1. The molecule has 2 aliphatic rings. The van der Waals surface area contributed by atoms with Gasteiger partial charge in [0.05, 0.1) is 6.61 Å². The monoisotopic (exact) mass is 254 g/mol. The zero-order valence-electron chi connectivity index (χ0n) is 11.6. The van der Waals surface area contributed by atoms with Gasteiger partial charge in [0.2, 0.25) is 5.91 Å². The van der Waals surface area contributed by atoms with Gasteiger partial charge in [-0.25, -0.2) is 0 Å². The lowest BCUT2D eigenvalue weighted by Crippen LogP contribution is -2.38. The molecule has 2 saturated heterocycles. The molecule has 0 aromatic carbocycles. The predicted molar refractivity (Wildman–Crippen MR) is 71.5 cm³/mol. The molecule has 0 radical (unpaired) electrons. The van der Waals surface area contributed by atoms with Crippen LogP contribution in [-0.2, 0) is 9.53 Å². The van der Waals surface area contributed by atoms with Gasteiger partial charge in [-0.1, -0.05) is 0 Å². The van der Waals surface area contributed by atoms with Crippen molar-refractivity contribution < 1.29 is 9.53 Å². The SMILES string of the molecule is COCCN1CCC(CC(=O)N2CCCC2)CC1. The Morgan fingerprint density at radius 3 is 2.44 bits per heavy atom. The van der Waals surface area contributed by atoms with Crippen LogP contribution in [-0.4, -0.2) is 62.1 Å². The number of hydrogen-bond donors (Lipinski definition) is 0. The zero-order valence-corrected chi connectivity index (χ0v) is 11.6. The summed E-state index contributed by atoms with van der Waals surface area (Å²) in [6, 6.07) is 0. The van der Waals surface area contributed by atoms with Gasteiger partial charge >= 0.3 is 0 Å². The number of rotatable bonds is 5. The summed E-state index contributed by atoms with van der Waals surface area (Å²) >= 11 is 0. The third-order valence-corrected chi connectivity index (χ3v) is 4.24. The Morgan fingerprint density at radius 2 is 1.83 bits per heavy atom. The number of hydrogen-bond acceptors (Lipinski definition) is 3. The van der Waals surface area contributed by atoms with E-state index in [0.29, 0.717) is 11.8 Å². The number of nitrogens with zero attached hydrogens (tertiary/aromatic N) is 2. The van der Waals surface area contributed by atoms with Crippen LogP contribution in [0.15, 0.2) is 0 Å². The van der Waals surface area contributed by atoms with Gasteiger partial charge in [-0.2, -0.15) is 0 Å². The third-order valence-electron chi connectivity index (χ3n) is 4.24. The molecule has 18 heavy (non-hydrogen) atoms. The van der Waals surface area contributed by atoms with E-state index in [9.17, 15) is 4.79 Å². The van der Waals surface area contributed by atoms with E-state index in [4.69, 9.17) is 4.74 Å². The predicted octanol–water partition coefficient (Wildman–Crippen LogP) is 1.36. The summed E-state index contributed by atoms with van der Waals surface area (Å²) in [6.45, 7) is 6.08. The molecule has 0 aromatic rings. The Morgan fingerprint density at radius 1 is 1.17 bits per heavy atom. The van der Waals surface area contributed by atoms with Crippen molar-refractivity contribution >= 4 is 5.91 Å². The normalized spacial score (nSPS) is 22.6. The van der Waals surface area contributed by atoms with Crippen molar-refractivity contribution in [1.82, 2.24) is 9.80 Å². The molecule has 0 N–H and O–H groups in total. The lowest BCUT2D eigenvalue weighted by molar-refractivity contribution is -0.131. The maximum atomic E-state index is 12.1. The molecule has 0 atom stereocenters. The Balaban J connectivity index is 1.65. The molecular weight excluding hydrogens is 228 g/mol. The first-order valence-corrected chi connectivity index (χ1v) is 7.28. The quantitative estimate of drug-likeness (QED) is 0.742. The van der Waals surface area contributed by atoms with Gasteiger partial charge in [-0.3, -0.25) is 4.79 Å². The summed E-state index contributed by atoms with van der Waals surface area (Å²) in [5.74, 6) is 1.000. The van der Waals surface area contributed by atoms with Crippen LogP contribution in [0.2, 0.25) is 0 Å². The van der Waals surface area contributed by atoms with Crippen molar-refractivity contribution in [3.63, 3.8) is 0 Å². The fourth-order valence-corrected chi connectivity index (χ4v) is 2.98. The number of carbonyl (C=O) groups excluding carboxylic acids is 1. The lowest BCUT2D eigenvalue weighted by atomic mass is 9.93. The minimum Gasteiger partial charge on any atom is -0.383 e. The largest absolute Gasteiger partial charge is 0.383 e. The second-order valence-corrected chi connectivity index (χ2v) is 5.57. The minimum atomic E-state index is 0.392. The van der Waals surface area contributed by atoms with E-state index < -0.39 is 0 Å². The van der Waals surface area contributed by atoms with Crippen LogP contribution in [0.4, 0.5) is 0 Å². The summed E-state index contributed by atoms with van der Waals surface area (Å²) in [4.78, 5) is 16.6. The van der Waals surface area contributed by atoms with E-state index in [0.717, 1.165) is 45.8 Å². The Hall–Kier alpha value is -0.610. The number of piperidine rings is 1. The number of methoxy groups -OCH3 is 1. The number of likely N-dealkylation sites (tertiary alicyclic amines) is 2. The van der Waals surface area contributed by atoms with Gasteiger partial charge in [0.1, 0.15) is 0 Å². The molecule has 0 saturated carbocycles. The van der Waals surface area contributed by atoms with Crippen molar-refractivity contribution in [3.05, 3.63) is 0 Å². The van der Waals surface area contributed by atoms with E-state index in [1.807, 2.05) is 0 Å². The van der Waals surface area contributed by atoms with Crippen molar-refractivity contribution in [3.8, 4) is 0 Å². The molecule has 0 aromatic heterocycles. The molecule has 0 aliphatic carbocycles. The zero-order chi connectivity index (χ0) is 12.8. The van der Waals surface area contributed by atoms with E-state index >= 15 is 0 Å².